The summed E-state index contributed by atoms with van der Waals surface area (Å²) >= 11 is 0. The van der Waals surface area contributed by atoms with E-state index in [1.807, 2.05) is 0 Å². The molecule has 0 bridgehead atoms. The van der Waals surface area contributed by atoms with Crippen LogP contribution in [0.5, 0.6) is 0 Å². The third-order valence-electron chi connectivity index (χ3n) is 3.91. The Balaban J connectivity index is 2.20. The Morgan fingerprint density at radius 2 is 1.94 bits per heavy atom. The van der Waals surface area contributed by atoms with Gasteiger partial charge in [-0.25, -0.2) is 0 Å². The van der Waals surface area contributed by atoms with Crippen molar-refractivity contribution in [2.75, 3.05) is 24.5 Å². The smallest absolute Gasteiger partial charge is 0.0399 e. The first-order valence-electron chi connectivity index (χ1n) is 6.56. The second-order valence-corrected chi connectivity index (χ2v) is 5.77. The fraction of sp³-hybridized carbons (Fsp3) is 0.600. The molecule has 0 spiro atoms. The zero-order valence-electron chi connectivity index (χ0n) is 11.5. The maximum absolute atomic E-state index is 3.61. The van der Waals surface area contributed by atoms with E-state index < -0.39 is 0 Å². The minimum Gasteiger partial charge on any atom is -0.370 e. The lowest BCUT2D eigenvalue weighted by Gasteiger charge is -2.26. The third-order valence-corrected chi connectivity index (χ3v) is 3.91. The number of aryl methyl sites for hydroxylation is 1. The molecule has 0 atom stereocenters. The first-order valence-corrected chi connectivity index (χ1v) is 6.56. The lowest BCUT2D eigenvalue weighted by atomic mass is 10.0. The van der Waals surface area contributed by atoms with Crippen LogP contribution in [-0.4, -0.2) is 25.2 Å². The van der Waals surface area contributed by atoms with Crippen LogP contribution < -0.4 is 10.2 Å². The average Bonchev–Trinajstić information content (AvgIpc) is 2.44. The number of hydrogen-bond donors (Lipinski definition) is 1. The summed E-state index contributed by atoms with van der Waals surface area (Å²) in [5, 5.41) is 3.61. The van der Waals surface area contributed by atoms with Crippen LogP contribution in [0.4, 0.5) is 5.69 Å². The highest BCUT2D eigenvalue weighted by Crippen LogP contribution is 2.25. The maximum Gasteiger partial charge on any atom is 0.0399 e. The molecule has 2 rings (SSSR count). The molecule has 94 valence electrons. The van der Waals surface area contributed by atoms with Crippen molar-refractivity contribution in [1.82, 2.24) is 5.32 Å². The molecule has 1 aliphatic heterocycles. The molecule has 17 heavy (non-hydrogen) atoms. The summed E-state index contributed by atoms with van der Waals surface area (Å²) in [5.74, 6) is 0. The molecular weight excluding hydrogens is 208 g/mol. The Kier molecular flexibility index (Phi) is 3.43. The molecule has 1 N–H and O–H groups in total. The Morgan fingerprint density at radius 1 is 1.18 bits per heavy atom. The van der Waals surface area contributed by atoms with Crippen LogP contribution in [0, 0.1) is 13.8 Å². The van der Waals surface area contributed by atoms with Crippen molar-refractivity contribution in [2.24, 2.45) is 0 Å². The molecule has 1 aromatic carbocycles. The van der Waals surface area contributed by atoms with E-state index in [4.69, 9.17) is 0 Å². The molecule has 0 saturated carbocycles. The van der Waals surface area contributed by atoms with Gasteiger partial charge in [-0.15, -0.1) is 0 Å². The topological polar surface area (TPSA) is 15.3 Å². The monoisotopic (exact) mass is 232 g/mol. The number of anilines is 1. The zero-order valence-corrected chi connectivity index (χ0v) is 11.5. The summed E-state index contributed by atoms with van der Waals surface area (Å²) < 4.78 is 0. The van der Waals surface area contributed by atoms with Gasteiger partial charge in [0.2, 0.25) is 0 Å². The Hall–Kier alpha value is -1.02. The van der Waals surface area contributed by atoms with Gasteiger partial charge in [0.05, 0.1) is 0 Å². The van der Waals surface area contributed by atoms with E-state index in [-0.39, 0.29) is 5.54 Å². The largest absolute Gasteiger partial charge is 0.370 e. The first-order chi connectivity index (χ1) is 7.99. The molecule has 1 aromatic rings. The van der Waals surface area contributed by atoms with Crippen molar-refractivity contribution in [1.29, 1.82) is 0 Å². The minimum absolute atomic E-state index is 0.270. The van der Waals surface area contributed by atoms with Gasteiger partial charge in [0.25, 0.3) is 0 Å². The van der Waals surface area contributed by atoms with Crippen LogP contribution in [0.25, 0.3) is 0 Å². The predicted molar refractivity (Wildman–Crippen MR) is 74.8 cm³/mol. The van der Waals surface area contributed by atoms with Crippen LogP contribution in [0.1, 0.15) is 31.4 Å². The molecule has 0 amide bonds. The number of nitrogens with one attached hydrogen (secondary N) is 1. The van der Waals surface area contributed by atoms with Gasteiger partial charge in [-0.1, -0.05) is 12.1 Å². The quantitative estimate of drug-likeness (QED) is 0.801. The van der Waals surface area contributed by atoms with E-state index in [9.17, 15) is 0 Å². The fourth-order valence-corrected chi connectivity index (χ4v) is 2.46. The molecule has 1 heterocycles. The Labute approximate surface area is 105 Å². The summed E-state index contributed by atoms with van der Waals surface area (Å²) in [6, 6.07) is 6.61. The van der Waals surface area contributed by atoms with E-state index in [0.717, 1.165) is 19.6 Å². The highest BCUT2D eigenvalue weighted by Gasteiger charge is 2.22. The number of benzene rings is 1. The molecule has 1 aliphatic rings. The van der Waals surface area contributed by atoms with E-state index in [0.29, 0.717) is 0 Å². The summed E-state index contributed by atoms with van der Waals surface area (Å²) in [7, 11) is 0. The maximum atomic E-state index is 3.61. The van der Waals surface area contributed by atoms with Crippen LogP contribution in [0.2, 0.25) is 0 Å². The van der Waals surface area contributed by atoms with Gasteiger partial charge in [0.1, 0.15) is 0 Å². The van der Waals surface area contributed by atoms with Crippen molar-refractivity contribution in [3.63, 3.8) is 0 Å². The van der Waals surface area contributed by atoms with Gasteiger partial charge in [0, 0.05) is 30.9 Å². The van der Waals surface area contributed by atoms with Gasteiger partial charge in [-0.05, 0) is 51.3 Å². The highest BCUT2D eigenvalue weighted by molar-refractivity contribution is 5.56. The van der Waals surface area contributed by atoms with Crippen molar-refractivity contribution in [3.8, 4) is 0 Å². The van der Waals surface area contributed by atoms with Gasteiger partial charge in [-0.2, -0.15) is 0 Å². The van der Waals surface area contributed by atoms with Crippen LogP contribution in [0.15, 0.2) is 18.2 Å². The fourth-order valence-electron chi connectivity index (χ4n) is 2.46. The van der Waals surface area contributed by atoms with Gasteiger partial charge < -0.3 is 10.2 Å². The molecule has 1 saturated heterocycles. The zero-order chi connectivity index (χ0) is 12.5. The summed E-state index contributed by atoms with van der Waals surface area (Å²) in [6.45, 7) is 12.3. The van der Waals surface area contributed by atoms with Crippen molar-refractivity contribution in [3.05, 3.63) is 29.3 Å². The van der Waals surface area contributed by atoms with E-state index in [2.05, 4.69) is 56.1 Å². The van der Waals surface area contributed by atoms with E-state index in [1.54, 1.807) is 0 Å². The van der Waals surface area contributed by atoms with Crippen LogP contribution in [-0.2, 0) is 0 Å². The summed E-state index contributed by atoms with van der Waals surface area (Å²) in [4.78, 5) is 2.52. The third kappa shape index (κ3) is 2.81. The van der Waals surface area contributed by atoms with Crippen molar-refractivity contribution in [2.45, 2.75) is 39.7 Å². The molecular formula is C15H24N2. The highest BCUT2D eigenvalue weighted by atomic mass is 15.2. The van der Waals surface area contributed by atoms with Crippen molar-refractivity contribution < 1.29 is 0 Å². The van der Waals surface area contributed by atoms with Crippen LogP contribution >= 0.6 is 0 Å². The van der Waals surface area contributed by atoms with E-state index in [1.165, 1.54) is 23.2 Å². The predicted octanol–water partition coefficient (Wildman–Crippen LogP) is 2.88. The van der Waals surface area contributed by atoms with E-state index >= 15 is 0 Å². The second-order valence-electron chi connectivity index (χ2n) is 5.77. The standard InChI is InChI=1S/C15H24N2/c1-12-6-5-7-14(13(12)2)17-10-8-15(3,4)16-9-11-17/h5-7,16H,8-11H2,1-4H3. The molecule has 0 radical (unpaired) electrons. The molecule has 0 unspecified atom stereocenters. The van der Waals surface area contributed by atoms with Gasteiger partial charge >= 0.3 is 0 Å². The Morgan fingerprint density at radius 3 is 2.71 bits per heavy atom. The molecule has 2 heteroatoms. The molecule has 1 fully saturated rings. The first kappa shape index (κ1) is 12.4. The number of nitrogens with zero attached hydrogens (tertiary/aromatic N) is 1. The SMILES string of the molecule is Cc1cccc(N2CCNC(C)(C)CC2)c1C. The summed E-state index contributed by atoms with van der Waals surface area (Å²) in [6.07, 6.45) is 1.19. The van der Waals surface area contributed by atoms with Gasteiger partial charge in [0.15, 0.2) is 0 Å². The second kappa shape index (κ2) is 4.69. The average molecular weight is 232 g/mol. The molecule has 2 nitrogen and oxygen atoms in total. The minimum atomic E-state index is 0.270. The Bertz CT molecular complexity index is 396. The summed E-state index contributed by atoms with van der Waals surface area (Å²) in [5.41, 5.74) is 4.49. The lowest BCUT2D eigenvalue weighted by molar-refractivity contribution is 0.394. The molecule has 0 aromatic heterocycles. The lowest BCUT2D eigenvalue weighted by Crippen LogP contribution is -2.39. The van der Waals surface area contributed by atoms with Gasteiger partial charge in [-0.3, -0.25) is 0 Å². The molecule has 0 aliphatic carbocycles. The van der Waals surface area contributed by atoms with Crippen LogP contribution in [0.3, 0.4) is 0 Å². The normalized spacial score (nSPS) is 20.1. The number of hydrogen-bond acceptors (Lipinski definition) is 2. The van der Waals surface area contributed by atoms with Crippen molar-refractivity contribution >= 4 is 5.69 Å². The number of rotatable bonds is 1.